The Kier molecular flexibility index (Phi) is 3.28. The quantitative estimate of drug-likeness (QED) is 0.779. The average molecular weight is 218 g/mol. The molecule has 2 rings (SSSR count). The normalized spacial score (nSPS) is 14.8. The molecule has 0 atom stereocenters. The predicted octanol–water partition coefficient (Wildman–Crippen LogP) is 3.17. The highest BCUT2D eigenvalue weighted by Gasteiger charge is 2.21. The second kappa shape index (κ2) is 4.69. The van der Waals surface area contributed by atoms with Gasteiger partial charge in [0.2, 0.25) is 0 Å². The Hall–Kier alpha value is -1.31. The Labute approximate surface area is 96.6 Å². The van der Waals surface area contributed by atoms with E-state index < -0.39 is 0 Å². The highest BCUT2D eigenvalue weighted by molar-refractivity contribution is 5.99. The molecule has 1 aliphatic carbocycles. The molecule has 0 heterocycles. The Morgan fingerprint density at radius 2 is 2.12 bits per heavy atom. The van der Waals surface area contributed by atoms with E-state index in [1.54, 1.807) is 7.11 Å². The first-order chi connectivity index (χ1) is 7.77. The van der Waals surface area contributed by atoms with Crippen LogP contribution in [0.25, 0.3) is 0 Å². The number of carbonyl (C=O) groups excluding carboxylic acids is 1. The molecular weight excluding hydrogens is 200 g/mol. The third kappa shape index (κ3) is 1.84. The van der Waals surface area contributed by atoms with Crippen LogP contribution in [0.4, 0.5) is 0 Å². The number of Topliss-reactive ketones (excluding diaryl/α,β-unsaturated/α-hetero) is 1. The van der Waals surface area contributed by atoms with Gasteiger partial charge in [-0.25, -0.2) is 0 Å². The number of ketones is 1. The fourth-order valence-electron chi connectivity index (χ4n) is 2.49. The fourth-order valence-corrected chi connectivity index (χ4v) is 2.49. The molecule has 0 aliphatic heterocycles. The van der Waals surface area contributed by atoms with Crippen LogP contribution in [0.1, 0.15) is 47.7 Å². The van der Waals surface area contributed by atoms with Gasteiger partial charge in [-0.05, 0) is 42.5 Å². The topological polar surface area (TPSA) is 26.3 Å². The lowest BCUT2D eigenvalue weighted by Gasteiger charge is -2.20. The minimum absolute atomic E-state index is 0.293. The number of fused-ring (bicyclic) bond motifs is 1. The van der Waals surface area contributed by atoms with Crippen LogP contribution < -0.4 is 4.74 Å². The van der Waals surface area contributed by atoms with Gasteiger partial charge in [0.25, 0.3) is 0 Å². The molecule has 0 spiro atoms. The van der Waals surface area contributed by atoms with Gasteiger partial charge < -0.3 is 4.74 Å². The summed E-state index contributed by atoms with van der Waals surface area (Å²) in [5.74, 6) is 1.23. The van der Waals surface area contributed by atoms with Crippen molar-refractivity contribution in [3.63, 3.8) is 0 Å². The maximum atomic E-state index is 11.8. The van der Waals surface area contributed by atoms with Crippen LogP contribution >= 0.6 is 0 Å². The van der Waals surface area contributed by atoms with Crippen molar-refractivity contribution in [1.29, 1.82) is 0 Å². The van der Waals surface area contributed by atoms with Gasteiger partial charge in [-0.15, -0.1) is 0 Å². The molecular formula is C14H18O2. The Morgan fingerprint density at radius 1 is 1.31 bits per heavy atom. The zero-order valence-corrected chi connectivity index (χ0v) is 10.0. The van der Waals surface area contributed by atoms with Gasteiger partial charge in [0.15, 0.2) is 5.78 Å². The second-order valence-electron chi connectivity index (χ2n) is 4.30. The van der Waals surface area contributed by atoms with E-state index in [4.69, 9.17) is 4.74 Å². The first-order valence-corrected chi connectivity index (χ1v) is 5.99. The molecule has 2 heteroatoms. The second-order valence-corrected chi connectivity index (χ2v) is 4.30. The van der Waals surface area contributed by atoms with Crippen molar-refractivity contribution in [2.45, 2.75) is 39.0 Å². The predicted molar refractivity (Wildman–Crippen MR) is 64.3 cm³/mol. The lowest BCUT2D eigenvalue weighted by atomic mass is 9.85. The summed E-state index contributed by atoms with van der Waals surface area (Å²) in [4.78, 5) is 11.8. The summed E-state index contributed by atoms with van der Waals surface area (Å²) in [6, 6.07) is 3.86. The summed E-state index contributed by atoms with van der Waals surface area (Å²) in [5.41, 5.74) is 3.41. The molecule has 0 N–H and O–H groups in total. The molecule has 2 nitrogen and oxygen atoms in total. The summed E-state index contributed by atoms with van der Waals surface area (Å²) in [5, 5.41) is 0. The van der Waals surface area contributed by atoms with Gasteiger partial charge in [0.1, 0.15) is 5.75 Å². The molecule has 0 unspecified atom stereocenters. The summed E-state index contributed by atoms with van der Waals surface area (Å²) in [6.07, 6.45) is 4.79. The summed E-state index contributed by atoms with van der Waals surface area (Å²) >= 11 is 0. The van der Waals surface area contributed by atoms with E-state index in [0.717, 1.165) is 37.0 Å². The molecule has 86 valence electrons. The van der Waals surface area contributed by atoms with Gasteiger partial charge in [0.05, 0.1) is 7.11 Å². The van der Waals surface area contributed by atoms with E-state index in [1.807, 2.05) is 12.1 Å². The zero-order valence-electron chi connectivity index (χ0n) is 10.0. The highest BCUT2D eigenvalue weighted by Crippen LogP contribution is 2.31. The third-order valence-electron chi connectivity index (χ3n) is 3.24. The highest BCUT2D eigenvalue weighted by atomic mass is 16.5. The largest absolute Gasteiger partial charge is 0.496 e. The van der Waals surface area contributed by atoms with Crippen molar-refractivity contribution in [3.05, 3.63) is 28.8 Å². The molecule has 16 heavy (non-hydrogen) atoms. The first kappa shape index (κ1) is 11.2. The van der Waals surface area contributed by atoms with Crippen molar-refractivity contribution in [2.24, 2.45) is 0 Å². The Bertz CT molecular complexity index is 407. The van der Waals surface area contributed by atoms with E-state index in [2.05, 4.69) is 6.92 Å². The van der Waals surface area contributed by atoms with Gasteiger partial charge in [-0.3, -0.25) is 4.79 Å². The van der Waals surface area contributed by atoms with E-state index in [0.29, 0.717) is 12.2 Å². The van der Waals surface area contributed by atoms with Gasteiger partial charge in [-0.1, -0.05) is 13.3 Å². The van der Waals surface area contributed by atoms with Gasteiger partial charge >= 0.3 is 0 Å². The number of hydrogen-bond donors (Lipinski definition) is 0. The van der Waals surface area contributed by atoms with Crippen LogP contribution in [0.5, 0.6) is 5.75 Å². The molecule has 0 saturated carbocycles. The summed E-state index contributed by atoms with van der Waals surface area (Å²) in [7, 11) is 1.70. The lowest BCUT2D eigenvalue weighted by molar-refractivity contribution is 0.0972. The number of rotatable bonds is 3. The van der Waals surface area contributed by atoms with Crippen molar-refractivity contribution in [1.82, 2.24) is 0 Å². The molecule has 1 aromatic carbocycles. The fraction of sp³-hybridized carbons (Fsp3) is 0.500. The summed E-state index contributed by atoms with van der Waals surface area (Å²) < 4.78 is 5.39. The number of benzene rings is 1. The molecule has 1 aliphatic rings. The van der Waals surface area contributed by atoms with E-state index >= 15 is 0 Å². The van der Waals surface area contributed by atoms with Crippen molar-refractivity contribution in [2.75, 3.05) is 7.11 Å². The third-order valence-corrected chi connectivity index (χ3v) is 3.24. The van der Waals surface area contributed by atoms with Crippen molar-refractivity contribution < 1.29 is 9.53 Å². The Balaban J connectivity index is 2.53. The molecule has 1 aromatic rings. The van der Waals surface area contributed by atoms with Crippen LogP contribution in [-0.4, -0.2) is 12.9 Å². The smallest absolute Gasteiger partial charge is 0.163 e. The lowest BCUT2D eigenvalue weighted by Crippen LogP contribution is -2.13. The maximum Gasteiger partial charge on any atom is 0.163 e. The van der Waals surface area contributed by atoms with Crippen molar-refractivity contribution in [3.8, 4) is 5.75 Å². The zero-order chi connectivity index (χ0) is 11.5. The molecule has 0 aromatic heterocycles. The minimum Gasteiger partial charge on any atom is -0.496 e. The maximum absolute atomic E-state index is 11.8. The van der Waals surface area contributed by atoms with Crippen molar-refractivity contribution >= 4 is 5.78 Å². The Morgan fingerprint density at radius 3 is 2.81 bits per heavy atom. The standard InChI is InChI=1S/C14H18O2/c1-3-5-12-10-6-4-7-13(15)11(10)8-9-14(12)16-2/h8-9H,3-7H2,1-2H3. The van der Waals surface area contributed by atoms with Gasteiger partial charge in [0, 0.05) is 12.0 Å². The van der Waals surface area contributed by atoms with Crippen LogP contribution in [0.3, 0.4) is 0 Å². The minimum atomic E-state index is 0.293. The molecule has 0 saturated heterocycles. The van der Waals surface area contributed by atoms with Crippen LogP contribution in [-0.2, 0) is 12.8 Å². The summed E-state index contributed by atoms with van der Waals surface area (Å²) in [6.45, 7) is 2.16. The molecule has 0 fully saturated rings. The van der Waals surface area contributed by atoms with Crippen LogP contribution in [0.15, 0.2) is 12.1 Å². The SMILES string of the molecule is CCCc1c(OC)ccc2c1CCCC2=O. The van der Waals surface area contributed by atoms with E-state index in [1.165, 1.54) is 11.1 Å². The number of ether oxygens (including phenoxy) is 1. The molecule has 0 amide bonds. The first-order valence-electron chi connectivity index (χ1n) is 5.99. The monoisotopic (exact) mass is 218 g/mol. The average Bonchev–Trinajstić information content (AvgIpc) is 2.30. The molecule has 0 bridgehead atoms. The van der Waals surface area contributed by atoms with Crippen LogP contribution in [0, 0.1) is 0 Å². The van der Waals surface area contributed by atoms with Crippen LogP contribution in [0.2, 0.25) is 0 Å². The van der Waals surface area contributed by atoms with E-state index in [-0.39, 0.29) is 0 Å². The number of carbonyl (C=O) groups is 1. The molecule has 0 radical (unpaired) electrons. The van der Waals surface area contributed by atoms with E-state index in [9.17, 15) is 4.79 Å². The number of hydrogen-bond acceptors (Lipinski definition) is 2. The number of methoxy groups -OCH3 is 1. The van der Waals surface area contributed by atoms with Gasteiger partial charge in [-0.2, -0.15) is 0 Å².